The van der Waals surface area contributed by atoms with Gasteiger partial charge in [-0.1, -0.05) is 47.7 Å². The number of hydrogen-bond donors (Lipinski definition) is 0. The lowest BCUT2D eigenvalue weighted by Crippen LogP contribution is -2.49. The van der Waals surface area contributed by atoms with Crippen molar-refractivity contribution < 1.29 is 13.2 Å². The first-order chi connectivity index (χ1) is 14.8. The molecular formula is C23H27N3O3S2. The van der Waals surface area contributed by atoms with Crippen LogP contribution < -0.4 is 4.90 Å². The number of hydrogen-bond acceptors (Lipinski definition) is 6. The van der Waals surface area contributed by atoms with Gasteiger partial charge < -0.3 is 9.80 Å². The Labute approximate surface area is 187 Å². The number of anilines is 1. The standard InChI is InChI=1S/C23H27N3O3S2/c1-17-14-18(2)22-20(15-17)30-23(24-22)26-11-9-25(10-12-26)21(27)8-13-31(28,29)16-19-6-4-3-5-7-19/h3-7,14-15H,8-13,16H2,1-2H3. The fraction of sp³-hybridized carbons (Fsp3) is 0.391. The van der Waals surface area contributed by atoms with Crippen LogP contribution in [0.5, 0.6) is 0 Å². The van der Waals surface area contributed by atoms with Crippen LogP contribution in [-0.4, -0.2) is 56.1 Å². The zero-order valence-electron chi connectivity index (χ0n) is 17.9. The average molecular weight is 458 g/mol. The van der Waals surface area contributed by atoms with Crippen LogP contribution in [0, 0.1) is 13.8 Å². The first-order valence-corrected chi connectivity index (χ1v) is 13.1. The minimum absolute atomic E-state index is 0.0224. The lowest BCUT2D eigenvalue weighted by atomic mass is 10.1. The van der Waals surface area contributed by atoms with E-state index in [0.717, 1.165) is 16.2 Å². The number of sulfone groups is 1. The minimum atomic E-state index is -3.31. The third-order valence-electron chi connectivity index (χ3n) is 5.58. The van der Waals surface area contributed by atoms with Crippen LogP contribution in [0.4, 0.5) is 5.13 Å². The fourth-order valence-corrected chi connectivity index (χ4v) is 6.47. The van der Waals surface area contributed by atoms with E-state index in [0.29, 0.717) is 26.2 Å². The van der Waals surface area contributed by atoms with Crippen molar-refractivity contribution >= 4 is 42.4 Å². The summed E-state index contributed by atoms with van der Waals surface area (Å²) in [6, 6.07) is 13.4. The molecule has 164 valence electrons. The summed E-state index contributed by atoms with van der Waals surface area (Å²) in [7, 11) is -3.31. The van der Waals surface area contributed by atoms with Crippen molar-refractivity contribution in [3.05, 3.63) is 59.2 Å². The maximum absolute atomic E-state index is 12.6. The number of thiazole rings is 1. The van der Waals surface area contributed by atoms with Gasteiger partial charge >= 0.3 is 0 Å². The van der Waals surface area contributed by atoms with E-state index in [-0.39, 0.29) is 23.8 Å². The molecule has 0 radical (unpaired) electrons. The number of fused-ring (bicyclic) bond motifs is 1. The lowest BCUT2D eigenvalue weighted by Gasteiger charge is -2.34. The first kappa shape index (κ1) is 21.8. The van der Waals surface area contributed by atoms with E-state index in [1.54, 1.807) is 28.4 Å². The van der Waals surface area contributed by atoms with Crippen molar-refractivity contribution in [2.24, 2.45) is 0 Å². The summed E-state index contributed by atoms with van der Waals surface area (Å²) in [5.74, 6) is -0.227. The van der Waals surface area contributed by atoms with Crippen LogP contribution in [0.2, 0.25) is 0 Å². The van der Waals surface area contributed by atoms with Gasteiger partial charge in [0.1, 0.15) is 0 Å². The first-order valence-electron chi connectivity index (χ1n) is 10.5. The zero-order valence-corrected chi connectivity index (χ0v) is 19.5. The maximum atomic E-state index is 12.6. The van der Waals surface area contributed by atoms with Crippen molar-refractivity contribution in [2.45, 2.75) is 26.0 Å². The summed E-state index contributed by atoms with van der Waals surface area (Å²) in [6.45, 7) is 6.77. The van der Waals surface area contributed by atoms with Crippen LogP contribution in [-0.2, 0) is 20.4 Å². The smallest absolute Gasteiger partial charge is 0.223 e. The molecule has 0 unspecified atom stereocenters. The van der Waals surface area contributed by atoms with Crippen LogP contribution in [0.3, 0.4) is 0 Å². The normalized spacial score (nSPS) is 14.9. The Bertz CT molecular complexity index is 1180. The maximum Gasteiger partial charge on any atom is 0.223 e. The lowest BCUT2D eigenvalue weighted by molar-refractivity contribution is -0.131. The molecule has 1 amide bonds. The molecule has 1 aliphatic heterocycles. The molecule has 0 atom stereocenters. The second kappa shape index (κ2) is 8.96. The molecule has 0 spiro atoms. The monoisotopic (exact) mass is 457 g/mol. The van der Waals surface area contributed by atoms with E-state index in [2.05, 4.69) is 30.9 Å². The highest BCUT2D eigenvalue weighted by Crippen LogP contribution is 2.32. The number of piperazine rings is 1. The summed E-state index contributed by atoms with van der Waals surface area (Å²) in [5.41, 5.74) is 4.22. The largest absolute Gasteiger partial charge is 0.345 e. The van der Waals surface area contributed by atoms with Crippen molar-refractivity contribution in [3.63, 3.8) is 0 Å². The molecule has 1 aromatic heterocycles. The number of carbonyl (C=O) groups excluding carboxylic acids is 1. The fourth-order valence-electron chi connectivity index (χ4n) is 3.94. The molecule has 1 saturated heterocycles. The van der Waals surface area contributed by atoms with Gasteiger partial charge in [0.2, 0.25) is 5.91 Å². The molecule has 31 heavy (non-hydrogen) atoms. The SMILES string of the molecule is Cc1cc(C)c2nc(N3CCN(C(=O)CCS(=O)(=O)Cc4ccccc4)CC3)sc2c1. The summed E-state index contributed by atoms with van der Waals surface area (Å²) in [6.07, 6.45) is 0.0365. The number of benzene rings is 2. The van der Waals surface area contributed by atoms with Gasteiger partial charge in [0.15, 0.2) is 15.0 Å². The molecule has 3 aromatic rings. The Morgan fingerprint density at radius 3 is 2.48 bits per heavy atom. The van der Waals surface area contributed by atoms with Crippen LogP contribution in [0.1, 0.15) is 23.1 Å². The highest BCUT2D eigenvalue weighted by molar-refractivity contribution is 7.90. The number of aryl methyl sites for hydroxylation is 2. The Balaban J connectivity index is 1.31. The Morgan fingerprint density at radius 2 is 1.77 bits per heavy atom. The molecule has 8 heteroatoms. The summed E-state index contributed by atoms with van der Waals surface area (Å²) in [5, 5.41) is 0.987. The Hall–Kier alpha value is -2.45. The average Bonchev–Trinajstić information content (AvgIpc) is 3.17. The Morgan fingerprint density at radius 1 is 1.06 bits per heavy atom. The second-order valence-corrected chi connectivity index (χ2v) is 11.3. The number of amides is 1. The molecule has 1 aliphatic rings. The number of aromatic nitrogens is 1. The zero-order chi connectivity index (χ0) is 22.0. The molecule has 0 saturated carbocycles. The molecule has 2 aromatic carbocycles. The minimum Gasteiger partial charge on any atom is -0.345 e. The third kappa shape index (κ3) is 5.25. The topological polar surface area (TPSA) is 70.6 Å². The number of nitrogens with zero attached hydrogens (tertiary/aromatic N) is 3. The summed E-state index contributed by atoms with van der Waals surface area (Å²) >= 11 is 1.69. The van der Waals surface area contributed by atoms with Crippen molar-refractivity contribution in [2.75, 3.05) is 36.8 Å². The van der Waals surface area contributed by atoms with Gasteiger partial charge in [0, 0.05) is 32.6 Å². The third-order valence-corrected chi connectivity index (χ3v) is 8.24. The van der Waals surface area contributed by atoms with E-state index in [9.17, 15) is 13.2 Å². The van der Waals surface area contributed by atoms with Gasteiger partial charge in [-0.25, -0.2) is 13.4 Å². The quantitative estimate of drug-likeness (QED) is 0.566. The van der Waals surface area contributed by atoms with Gasteiger partial charge in [-0.15, -0.1) is 0 Å². The van der Waals surface area contributed by atoms with E-state index in [1.165, 1.54) is 15.8 Å². The van der Waals surface area contributed by atoms with Crippen LogP contribution in [0.25, 0.3) is 10.2 Å². The predicted octanol–water partition coefficient (Wildman–Crippen LogP) is 3.57. The molecule has 0 bridgehead atoms. The van der Waals surface area contributed by atoms with E-state index < -0.39 is 9.84 Å². The molecular weight excluding hydrogens is 430 g/mol. The predicted molar refractivity (Wildman–Crippen MR) is 126 cm³/mol. The van der Waals surface area contributed by atoms with Gasteiger partial charge in [0.25, 0.3) is 0 Å². The number of carbonyl (C=O) groups is 1. The van der Waals surface area contributed by atoms with Crippen LogP contribution in [0.15, 0.2) is 42.5 Å². The molecule has 4 rings (SSSR count). The summed E-state index contributed by atoms with van der Waals surface area (Å²) < 4.78 is 25.9. The molecule has 6 nitrogen and oxygen atoms in total. The van der Waals surface area contributed by atoms with Crippen LogP contribution >= 0.6 is 11.3 Å². The van der Waals surface area contributed by atoms with E-state index in [4.69, 9.17) is 4.98 Å². The van der Waals surface area contributed by atoms with E-state index in [1.807, 2.05) is 18.2 Å². The highest BCUT2D eigenvalue weighted by Gasteiger charge is 2.24. The van der Waals surface area contributed by atoms with Gasteiger partial charge in [0.05, 0.1) is 21.7 Å². The molecule has 0 aliphatic carbocycles. The van der Waals surface area contributed by atoms with Gasteiger partial charge in [-0.2, -0.15) is 0 Å². The van der Waals surface area contributed by atoms with Gasteiger partial charge in [-0.3, -0.25) is 4.79 Å². The number of rotatable bonds is 6. The molecule has 1 fully saturated rings. The van der Waals surface area contributed by atoms with Crippen molar-refractivity contribution in [3.8, 4) is 0 Å². The Kier molecular flexibility index (Phi) is 6.29. The molecule has 0 N–H and O–H groups in total. The van der Waals surface area contributed by atoms with Gasteiger partial charge in [-0.05, 0) is 36.6 Å². The van der Waals surface area contributed by atoms with Crippen molar-refractivity contribution in [1.29, 1.82) is 0 Å². The highest BCUT2D eigenvalue weighted by atomic mass is 32.2. The van der Waals surface area contributed by atoms with Crippen molar-refractivity contribution in [1.82, 2.24) is 9.88 Å². The van der Waals surface area contributed by atoms with E-state index >= 15 is 0 Å². The second-order valence-electron chi connectivity index (χ2n) is 8.12. The summed E-state index contributed by atoms with van der Waals surface area (Å²) in [4.78, 5) is 21.4. The molecule has 2 heterocycles.